The lowest BCUT2D eigenvalue weighted by atomic mass is 9.81. The Hall–Kier alpha value is -2.58. The Morgan fingerprint density at radius 2 is 1.92 bits per heavy atom. The second kappa shape index (κ2) is 13.0. The fourth-order valence-corrected chi connectivity index (χ4v) is 6.29. The van der Waals surface area contributed by atoms with Crippen LogP contribution in [-0.2, 0) is 9.59 Å². The molecule has 206 valence electrons. The minimum Gasteiger partial charge on any atom is -0.478 e. The number of ether oxygens (including phenoxy) is 1. The average Bonchev–Trinajstić information content (AvgIpc) is 3.04. The molecule has 1 aliphatic heterocycles. The van der Waals surface area contributed by atoms with Gasteiger partial charge in [-0.25, -0.2) is 4.79 Å². The molecule has 1 heterocycles. The van der Waals surface area contributed by atoms with Gasteiger partial charge < -0.3 is 20.1 Å². The van der Waals surface area contributed by atoms with Crippen molar-refractivity contribution in [3.63, 3.8) is 0 Å². The van der Waals surface area contributed by atoms with Crippen LogP contribution in [0.1, 0.15) is 60.3 Å². The van der Waals surface area contributed by atoms with Crippen LogP contribution in [-0.4, -0.2) is 35.5 Å². The summed E-state index contributed by atoms with van der Waals surface area (Å²) in [6, 6.07) is 12.3. The van der Waals surface area contributed by atoms with Crippen LogP contribution >= 0.6 is 23.5 Å². The quantitative estimate of drug-likeness (QED) is 0.173. The molecule has 0 saturated carbocycles. The highest BCUT2D eigenvalue weighted by Crippen LogP contribution is 2.49. The van der Waals surface area contributed by atoms with E-state index in [0.717, 1.165) is 64.5 Å². The Morgan fingerprint density at radius 1 is 1.21 bits per heavy atom. The zero-order chi connectivity index (χ0) is 27.9. The number of nitrogens with zero attached hydrogens (tertiary/aromatic N) is 1. The maximum absolute atomic E-state index is 12.5. The van der Waals surface area contributed by atoms with Crippen LogP contribution in [0, 0.1) is 10.8 Å². The molecule has 8 heteroatoms. The molecule has 0 spiro atoms. The molecule has 1 aliphatic rings. The second-order valence-electron chi connectivity index (χ2n) is 10.8. The summed E-state index contributed by atoms with van der Waals surface area (Å²) in [6.07, 6.45) is 8.79. The number of rotatable bonds is 10. The molecular formula is C30H40N2O4S2. The van der Waals surface area contributed by atoms with Crippen LogP contribution in [0.25, 0.3) is 0 Å². The fourth-order valence-electron chi connectivity index (χ4n) is 4.34. The number of carboxylic acid groups (broad SMARTS) is 1. The van der Waals surface area contributed by atoms with Crippen molar-refractivity contribution in [2.45, 2.75) is 70.1 Å². The van der Waals surface area contributed by atoms with Gasteiger partial charge in [0.25, 0.3) is 0 Å². The number of benzene rings is 2. The van der Waals surface area contributed by atoms with Crippen molar-refractivity contribution in [3.8, 4) is 5.75 Å². The predicted octanol–water partition coefficient (Wildman–Crippen LogP) is 8.20. The zero-order valence-electron chi connectivity index (χ0n) is 23.3. The third-order valence-corrected chi connectivity index (χ3v) is 9.05. The molecule has 3 rings (SSSR count). The van der Waals surface area contributed by atoms with Crippen LogP contribution in [0.3, 0.4) is 0 Å². The van der Waals surface area contributed by atoms with E-state index in [1.807, 2.05) is 57.0 Å². The zero-order valence-corrected chi connectivity index (χ0v) is 24.9. The van der Waals surface area contributed by atoms with E-state index in [0.29, 0.717) is 5.75 Å². The van der Waals surface area contributed by atoms with Crippen molar-refractivity contribution >= 4 is 52.5 Å². The first-order valence-electron chi connectivity index (χ1n) is 13.1. The van der Waals surface area contributed by atoms with E-state index in [9.17, 15) is 9.59 Å². The topological polar surface area (TPSA) is 78.9 Å². The number of anilines is 3. The first-order valence-corrected chi connectivity index (χ1v) is 15.3. The number of carbonyl (C=O) groups excluding carboxylic acids is 1. The van der Waals surface area contributed by atoms with Gasteiger partial charge >= 0.3 is 5.97 Å². The minimum absolute atomic E-state index is 0.0135. The normalized spacial score (nSPS) is 17.7. The molecular weight excluding hydrogens is 516 g/mol. The van der Waals surface area contributed by atoms with Crippen LogP contribution in [0.2, 0.25) is 0 Å². The number of hydrogen-bond donors (Lipinski definition) is 2. The number of carboxylic acids is 1. The number of unbranched alkanes of at least 4 members (excludes halogenated alkanes) is 1. The Bertz CT molecular complexity index is 1160. The van der Waals surface area contributed by atoms with Crippen molar-refractivity contribution < 1.29 is 19.4 Å². The lowest BCUT2D eigenvalue weighted by Gasteiger charge is -2.37. The molecule has 0 bridgehead atoms. The third-order valence-electron chi connectivity index (χ3n) is 6.90. The summed E-state index contributed by atoms with van der Waals surface area (Å²) in [6.45, 7) is 11.1. The number of fused-ring (bicyclic) bond motifs is 1. The van der Waals surface area contributed by atoms with Crippen molar-refractivity contribution in [2.75, 3.05) is 28.8 Å². The number of aliphatic carboxylic acids is 1. The summed E-state index contributed by atoms with van der Waals surface area (Å²) in [7, 11) is 0. The first kappa shape index (κ1) is 30.0. The standard InChI is InChI=1S/C30H40N2O4S2/c1-7-9-15-30(8-2)19-32(22-12-10-21(11-13-22)31-28(35)29(3,4)5)23-17-26(37-6)24(18-25(23)38-20-30)36-16-14-27(33)34/h10-14,16-18H,7-9,15,19-20H2,1-6H3,(H,31,35)(H,33,34)/b16-14+. The van der Waals surface area contributed by atoms with Gasteiger partial charge in [-0.15, -0.1) is 23.5 Å². The van der Waals surface area contributed by atoms with E-state index in [4.69, 9.17) is 9.84 Å². The molecule has 0 saturated heterocycles. The largest absolute Gasteiger partial charge is 0.478 e. The van der Waals surface area contributed by atoms with Crippen LogP contribution in [0.15, 0.2) is 58.5 Å². The van der Waals surface area contributed by atoms with Gasteiger partial charge in [0, 0.05) is 34.0 Å². The molecule has 1 unspecified atom stereocenters. The van der Waals surface area contributed by atoms with Crippen LogP contribution < -0.4 is 15.0 Å². The predicted molar refractivity (Wildman–Crippen MR) is 160 cm³/mol. The van der Waals surface area contributed by atoms with E-state index in [1.165, 1.54) is 12.7 Å². The molecule has 0 aliphatic carbocycles. The third kappa shape index (κ3) is 7.50. The Morgan fingerprint density at radius 3 is 2.50 bits per heavy atom. The smallest absolute Gasteiger partial charge is 0.331 e. The van der Waals surface area contributed by atoms with Gasteiger partial charge in [0.1, 0.15) is 5.75 Å². The summed E-state index contributed by atoms with van der Waals surface area (Å²) in [5.41, 5.74) is 2.65. The van der Waals surface area contributed by atoms with E-state index in [2.05, 4.69) is 42.3 Å². The van der Waals surface area contributed by atoms with Crippen molar-refractivity contribution in [2.24, 2.45) is 10.8 Å². The lowest BCUT2D eigenvalue weighted by Crippen LogP contribution is -2.36. The monoisotopic (exact) mass is 556 g/mol. The number of carbonyl (C=O) groups is 2. The number of nitrogens with one attached hydrogen (secondary N) is 1. The summed E-state index contributed by atoms with van der Waals surface area (Å²) in [4.78, 5) is 27.9. The Balaban J connectivity index is 2.05. The fraction of sp³-hybridized carbons (Fsp3) is 0.467. The molecule has 0 fully saturated rings. The van der Waals surface area contributed by atoms with E-state index < -0.39 is 11.4 Å². The van der Waals surface area contributed by atoms with Gasteiger partial charge in [0.2, 0.25) is 5.91 Å². The molecule has 2 aromatic carbocycles. The van der Waals surface area contributed by atoms with Crippen LogP contribution in [0.5, 0.6) is 5.75 Å². The van der Waals surface area contributed by atoms with Crippen LogP contribution in [0.4, 0.5) is 17.1 Å². The highest BCUT2D eigenvalue weighted by atomic mass is 32.2. The molecule has 2 aromatic rings. The molecule has 1 amide bonds. The Labute approximate surface area is 235 Å². The molecule has 38 heavy (non-hydrogen) atoms. The van der Waals surface area contributed by atoms with Gasteiger partial charge in [-0.3, -0.25) is 4.79 Å². The van der Waals surface area contributed by atoms with Gasteiger partial charge in [-0.05, 0) is 60.9 Å². The van der Waals surface area contributed by atoms with Gasteiger partial charge in [0.05, 0.1) is 22.9 Å². The molecule has 1 atom stereocenters. The van der Waals surface area contributed by atoms with Gasteiger partial charge in [0.15, 0.2) is 0 Å². The first-order chi connectivity index (χ1) is 18.0. The number of amides is 1. The number of hydrogen-bond acceptors (Lipinski definition) is 6. The minimum atomic E-state index is -1.04. The van der Waals surface area contributed by atoms with E-state index in [-0.39, 0.29) is 11.3 Å². The summed E-state index contributed by atoms with van der Waals surface area (Å²) in [5, 5.41) is 12.0. The number of thioether (sulfide) groups is 2. The van der Waals surface area contributed by atoms with Gasteiger partial charge in [-0.2, -0.15) is 0 Å². The van der Waals surface area contributed by atoms with Crippen molar-refractivity contribution in [3.05, 3.63) is 48.7 Å². The molecule has 0 radical (unpaired) electrons. The summed E-state index contributed by atoms with van der Waals surface area (Å²) in [5.74, 6) is 0.590. The van der Waals surface area contributed by atoms with Crippen molar-refractivity contribution in [1.29, 1.82) is 0 Å². The van der Waals surface area contributed by atoms with Crippen molar-refractivity contribution in [1.82, 2.24) is 0 Å². The Kier molecular flexibility index (Phi) is 10.2. The second-order valence-corrected chi connectivity index (χ2v) is 12.7. The van der Waals surface area contributed by atoms with E-state index in [1.54, 1.807) is 11.8 Å². The molecule has 6 nitrogen and oxygen atoms in total. The molecule has 0 aromatic heterocycles. The lowest BCUT2D eigenvalue weighted by molar-refractivity contribution is -0.131. The highest BCUT2D eigenvalue weighted by molar-refractivity contribution is 7.99. The van der Waals surface area contributed by atoms with Gasteiger partial charge in [-0.1, -0.05) is 47.5 Å². The average molecular weight is 557 g/mol. The molecule has 2 N–H and O–H groups in total. The highest BCUT2D eigenvalue weighted by Gasteiger charge is 2.35. The summed E-state index contributed by atoms with van der Waals surface area (Å²) >= 11 is 3.42. The van der Waals surface area contributed by atoms with E-state index >= 15 is 0 Å². The maximum Gasteiger partial charge on any atom is 0.331 e. The SMILES string of the molecule is CCCCC1(CC)CSc2cc(O/C=C/C(=O)O)c(SC)cc2N(c2ccc(NC(=O)C(C)(C)C)cc2)C1. The summed E-state index contributed by atoms with van der Waals surface area (Å²) < 4.78 is 5.76. The maximum atomic E-state index is 12.5.